The number of thiophene rings is 1. The molecule has 1 atom stereocenters. The van der Waals surface area contributed by atoms with Gasteiger partial charge in [-0.05, 0) is 17.9 Å². The van der Waals surface area contributed by atoms with Gasteiger partial charge in [0.15, 0.2) is 0 Å². The highest BCUT2D eigenvalue weighted by Gasteiger charge is 2.28. The molecule has 2 aromatic heterocycles. The van der Waals surface area contributed by atoms with Gasteiger partial charge < -0.3 is 10.6 Å². The molecule has 0 unspecified atom stereocenters. The number of nitrogens with zero attached hydrogens (tertiary/aromatic N) is 2. The summed E-state index contributed by atoms with van der Waals surface area (Å²) in [6, 6.07) is 0. The second-order valence-electron chi connectivity index (χ2n) is 8.06. The van der Waals surface area contributed by atoms with Crippen LogP contribution in [0.3, 0.4) is 0 Å². The number of aryl methyl sites for hydroxylation is 1. The molecule has 0 fully saturated rings. The average molecular weight is 392 g/mol. The first-order valence-electron chi connectivity index (χ1n) is 10.5. The van der Waals surface area contributed by atoms with Crippen LogP contribution in [0.5, 0.6) is 0 Å². The predicted molar refractivity (Wildman–Crippen MR) is 113 cm³/mol. The third kappa shape index (κ3) is 4.54. The van der Waals surface area contributed by atoms with Gasteiger partial charge in [0, 0.05) is 17.7 Å². The van der Waals surface area contributed by atoms with Gasteiger partial charge >= 0.3 is 0 Å². The maximum Gasteiger partial charge on any atom is 0.280 e. The van der Waals surface area contributed by atoms with Gasteiger partial charge in [0.1, 0.15) is 10.7 Å². The van der Waals surface area contributed by atoms with E-state index in [9.17, 15) is 4.79 Å². The molecular weight excluding hydrogens is 358 g/mol. The summed E-state index contributed by atoms with van der Waals surface area (Å²) in [5.41, 5.74) is 1.01. The minimum Gasteiger partial charge on any atom is -0.372 e. The zero-order valence-electron chi connectivity index (χ0n) is 16.9. The van der Waals surface area contributed by atoms with Gasteiger partial charge in [0.2, 0.25) is 0 Å². The molecule has 1 aliphatic heterocycles. The summed E-state index contributed by atoms with van der Waals surface area (Å²) >= 11 is 1.60. The molecule has 3 heterocycles. The quantitative estimate of drug-likeness (QED) is 0.502. The minimum absolute atomic E-state index is 0.0974. The Morgan fingerprint density at radius 2 is 1.93 bits per heavy atom. The number of nitrogen functional groups attached to an aromatic ring is 1. The fourth-order valence-electron chi connectivity index (χ4n) is 3.83. The highest BCUT2D eigenvalue weighted by Crippen LogP contribution is 2.35. The van der Waals surface area contributed by atoms with Crippen LogP contribution in [-0.2, 0) is 24.2 Å². The van der Waals surface area contributed by atoms with E-state index in [-0.39, 0.29) is 11.7 Å². The van der Waals surface area contributed by atoms with E-state index < -0.39 is 0 Å². The molecule has 3 rings (SSSR count). The lowest BCUT2D eigenvalue weighted by molar-refractivity contribution is 0.00200. The smallest absolute Gasteiger partial charge is 0.280 e. The molecule has 0 amide bonds. The molecule has 0 spiro atoms. The topological polar surface area (TPSA) is 70.1 Å². The first kappa shape index (κ1) is 20.3. The zero-order chi connectivity index (χ0) is 19.4. The third-order valence-electron chi connectivity index (χ3n) is 5.59. The molecule has 0 saturated heterocycles. The first-order valence-corrected chi connectivity index (χ1v) is 11.3. The summed E-state index contributed by atoms with van der Waals surface area (Å²) < 4.78 is 7.24. The molecular formula is C21H33N3O2S. The number of aromatic nitrogens is 2. The van der Waals surface area contributed by atoms with Crippen LogP contribution in [0, 0.1) is 5.92 Å². The van der Waals surface area contributed by atoms with Crippen molar-refractivity contribution in [2.75, 3.05) is 5.84 Å². The van der Waals surface area contributed by atoms with Gasteiger partial charge in [-0.15, -0.1) is 11.3 Å². The van der Waals surface area contributed by atoms with Gasteiger partial charge in [0.25, 0.3) is 5.56 Å². The number of unbranched alkanes of at least 4 members (excludes halogenated alkanes) is 6. The molecule has 2 N–H and O–H groups in total. The molecule has 2 aromatic rings. The summed E-state index contributed by atoms with van der Waals surface area (Å²) in [7, 11) is 0. The molecule has 0 saturated carbocycles. The van der Waals surface area contributed by atoms with Crippen molar-refractivity contribution >= 4 is 21.6 Å². The van der Waals surface area contributed by atoms with Crippen molar-refractivity contribution in [1.29, 1.82) is 0 Å². The average Bonchev–Trinajstić information content (AvgIpc) is 3.02. The Morgan fingerprint density at radius 3 is 2.63 bits per heavy atom. The van der Waals surface area contributed by atoms with Crippen molar-refractivity contribution in [1.82, 2.24) is 9.66 Å². The summed E-state index contributed by atoms with van der Waals surface area (Å²) in [5, 5.41) is 0.717. The molecule has 0 aliphatic carbocycles. The van der Waals surface area contributed by atoms with Crippen LogP contribution in [0.1, 0.15) is 82.0 Å². The van der Waals surface area contributed by atoms with Crippen LogP contribution in [0.2, 0.25) is 0 Å². The Morgan fingerprint density at radius 1 is 1.22 bits per heavy atom. The summed E-state index contributed by atoms with van der Waals surface area (Å²) in [5.74, 6) is 7.27. The van der Waals surface area contributed by atoms with E-state index in [1.54, 1.807) is 11.3 Å². The van der Waals surface area contributed by atoms with Crippen LogP contribution in [0.4, 0.5) is 0 Å². The largest absolute Gasteiger partial charge is 0.372 e. The van der Waals surface area contributed by atoms with E-state index in [0.717, 1.165) is 39.9 Å². The Kier molecular flexibility index (Phi) is 6.93. The maximum atomic E-state index is 12.9. The Hall–Kier alpha value is -1.40. The fourth-order valence-corrected chi connectivity index (χ4v) is 4.96. The SMILES string of the molecule is CCCCCCCCCc1nc2sc3c(c2c(=O)n1N)C[C@H](C(C)C)OC3. The van der Waals surface area contributed by atoms with Crippen molar-refractivity contribution in [3.05, 3.63) is 26.6 Å². The Bertz CT molecular complexity index is 825. The van der Waals surface area contributed by atoms with Gasteiger partial charge in [0.05, 0.1) is 18.1 Å². The monoisotopic (exact) mass is 391 g/mol. The lowest BCUT2D eigenvalue weighted by atomic mass is 9.96. The van der Waals surface area contributed by atoms with Crippen LogP contribution < -0.4 is 11.4 Å². The summed E-state index contributed by atoms with van der Waals surface area (Å²) in [4.78, 5) is 19.7. The fraction of sp³-hybridized carbons (Fsp3) is 0.714. The van der Waals surface area contributed by atoms with Crippen molar-refractivity contribution < 1.29 is 4.74 Å². The van der Waals surface area contributed by atoms with E-state index in [1.807, 2.05) is 0 Å². The molecule has 5 nitrogen and oxygen atoms in total. The number of ether oxygens (including phenoxy) is 1. The second-order valence-corrected chi connectivity index (χ2v) is 9.14. The standard InChI is InChI=1S/C21H33N3O2S/c1-4-5-6-7-8-9-10-11-18-23-20-19(21(25)24(18)22)15-12-16(14(2)3)26-13-17(15)27-20/h14,16H,4-13,22H2,1-3H3/t16-/m1/s1. The van der Waals surface area contributed by atoms with Crippen molar-refractivity contribution in [2.45, 2.75) is 91.3 Å². The number of nitrogens with two attached hydrogens (primary N) is 1. The summed E-state index contributed by atoms with van der Waals surface area (Å²) in [6.45, 7) is 7.13. The molecule has 0 radical (unpaired) electrons. The lowest BCUT2D eigenvalue weighted by Crippen LogP contribution is -2.33. The van der Waals surface area contributed by atoms with Gasteiger partial charge in [-0.2, -0.15) is 0 Å². The molecule has 150 valence electrons. The van der Waals surface area contributed by atoms with Gasteiger partial charge in [-0.25, -0.2) is 9.66 Å². The maximum absolute atomic E-state index is 12.9. The normalized spacial score (nSPS) is 17.0. The Balaban J connectivity index is 1.72. The van der Waals surface area contributed by atoms with Crippen molar-refractivity contribution in [3.63, 3.8) is 0 Å². The zero-order valence-corrected chi connectivity index (χ0v) is 17.7. The molecule has 1 aliphatic rings. The second kappa shape index (κ2) is 9.20. The van der Waals surface area contributed by atoms with Crippen molar-refractivity contribution in [2.24, 2.45) is 5.92 Å². The molecule has 6 heteroatoms. The van der Waals surface area contributed by atoms with Gasteiger partial charge in [-0.1, -0.05) is 59.3 Å². The third-order valence-corrected chi connectivity index (χ3v) is 6.69. The predicted octanol–water partition coefficient (Wildman–Crippen LogP) is 4.56. The number of rotatable bonds is 9. The van der Waals surface area contributed by atoms with E-state index in [1.165, 1.54) is 43.2 Å². The molecule has 0 aromatic carbocycles. The lowest BCUT2D eigenvalue weighted by Gasteiger charge is -2.26. The van der Waals surface area contributed by atoms with Crippen LogP contribution in [-0.4, -0.2) is 15.8 Å². The molecule has 27 heavy (non-hydrogen) atoms. The van der Waals surface area contributed by atoms with Crippen LogP contribution >= 0.6 is 11.3 Å². The van der Waals surface area contributed by atoms with Gasteiger partial charge in [-0.3, -0.25) is 4.79 Å². The van der Waals surface area contributed by atoms with E-state index in [0.29, 0.717) is 18.3 Å². The summed E-state index contributed by atoms with van der Waals surface area (Å²) in [6.07, 6.45) is 10.4. The minimum atomic E-state index is -0.0974. The number of fused-ring (bicyclic) bond motifs is 3. The Labute approximate surface area is 165 Å². The van der Waals surface area contributed by atoms with E-state index in [2.05, 4.69) is 20.8 Å². The highest BCUT2D eigenvalue weighted by atomic mass is 32.1. The number of hydrogen-bond acceptors (Lipinski definition) is 5. The van der Waals surface area contributed by atoms with E-state index in [4.69, 9.17) is 15.6 Å². The first-order chi connectivity index (χ1) is 13.0. The molecule has 0 bridgehead atoms. The highest BCUT2D eigenvalue weighted by molar-refractivity contribution is 7.18. The van der Waals surface area contributed by atoms with Crippen LogP contribution in [0.15, 0.2) is 4.79 Å². The van der Waals surface area contributed by atoms with Crippen molar-refractivity contribution in [3.8, 4) is 0 Å². The van der Waals surface area contributed by atoms with Crippen LogP contribution in [0.25, 0.3) is 10.2 Å². The van der Waals surface area contributed by atoms with E-state index >= 15 is 0 Å². The number of hydrogen-bond donors (Lipinski definition) is 1.